The van der Waals surface area contributed by atoms with Crippen LogP contribution in [0.2, 0.25) is 10.0 Å². The van der Waals surface area contributed by atoms with Crippen molar-refractivity contribution in [3.63, 3.8) is 0 Å². The van der Waals surface area contributed by atoms with Gasteiger partial charge in [-0.05, 0) is 42.5 Å². The van der Waals surface area contributed by atoms with E-state index in [0.717, 1.165) is 62.7 Å². The van der Waals surface area contributed by atoms with Crippen molar-refractivity contribution in [1.29, 1.82) is 0 Å². The topological polar surface area (TPSA) is 44.8 Å². The number of halogens is 2. The summed E-state index contributed by atoms with van der Waals surface area (Å²) in [6.07, 6.45) is 1.95. The third-order valence-electron chi connectivity index (χ3n) is 6.34. The van der Waals surface area contributed by atoms with E-state index < -0.39 is 0 Å². The SMILES string of the molecule is O=C1Nc2cc(OCCCN3CCN(c4cccc(Cl)c4Cl)CC3)ccc2C2CC12. The highest BCUT2D eigenvalue weighted by atomic mass is 35.5. The molecule has 1 amide bonds. The summed E-state index contributed by atoms with van der Waals surface area (Å²) in [5.74, 6) is 1.60. The smallest absolute Gasteiger partial charge is 0.228 e. The summed E-state index contributed by atoms with van der Waals surface area (Å²) in [4.78, 5) is 16.7. The van der Waals surface area contributed by atoms with Gasteiger partial charge in [-0.15, -0.1) is 0 Å². The first-order valence-corrected chi connectivity index (χ1v) is 11.3. The Morgan fingerprint density at radius 2 is 1.90 bits per heavy atom. The minimum Gasteiger partial charge on any atom is -0.493 e. The number of fused-ring (bicyclic) bond motifs is 3. The molecular weight excluding hydrogens is 421 g/mol. The Bertz CT molecular complexity index is 959. The van der Waals surface area contributed by atoms with Crippen LogP contribution in [0.3, 0.4) is 0 Å². The Morgan fingerprint density at radius 1 is 1.07 bits per heavy atom. The Hall–Kier alpha value is -1.95. The molecule has 1 saturated heterocycles. The molecule has 2 atom stereocenters. The summed E-state index contributed by atoms with van der Waals surface area (Å²) in [6, 6.07) is 11.9. The highest BCUT2D eigenvalue weighted by Gasteiger charge is 2.48. The van der Waals surface area contributed by atoms with Crippen LogP contribution in [0.4, 0.5) is 11.4 Å². The molecule has 2 fully saturated rings. The number of amides is 1. The predicted octanol–water partition coefficient (Wildman–Crippen LogP) is 4.64. The van der Waals surface area contributed by atoms with Gasteiger partial charge in [0.25, 0.3) is 0 Å². The maximum atomic E-state index is 11.9. The van der Waals surface area contributed by atoms with Crippen LogP contribution in [-0.4, -0.2) is 50.1 Å². The number of benzene rings is 2. The van der Waals surface area contributed by atoms with E-state index in [9.17, 15) is 4.79 Å². The average Bonchev–Trinajstić information content (AvgIpc) is 3.56. The summed E-state index contributed by atoms with van der Waals surface area (Å²) in [5.41, 5.74) is 3.20. The number of nitrogens with one attached hydrogen (secondary N) is 1. The largest absolute Gasteiger partial charge is 0.493 e. The van der Waals surface area contributed by atoms with Gasteiger partial charge in [-0.3, -0.25) is 9.69 Å². The summed E-state index contributed by atoms with van der Waals surface area (Å²) in [6.45, 7) is 5.54. The molecule has 5 rings (SSSR count). The molecule has 30 heavy (non-hydrogen) atoms. The lowest BCUT2D eigenvalue weighted by Crippen LogP contribution is -2.46. The fourth-order valence-corrected chi connectivity index (χ4v) is 4.95. The minimum absolute atomic E-state index is 0.155. The van der Waals surface area contributed by atoms with Crippen LogP contribution >= 0.6 is 23.2 Å². The van der Waals surface area contributed by atoms with Crippen LogP contribution in [0.1, 0.15) is 24.3 Å². The van der Waals surface area contributed by atoms with Crippen LogP contribution in [-0.2, 0) is 4.79 Å². The molecule has 0 radical (unpaired) electrons. The van der Waals surface area contributed by atoms with Crippen molar-refractivity contribution in [2.75, 3.05) is 49.5 Å². The highest BCUT2D eigenvalue weighted by molar-refractivity contribution is 6.43. The van der Waals surface area contributed by atoms with Crippen LogP contribution in [0, 0.1) is 5.92 Å². The third-order valence-corrected chi connectivity index (χ3v) is 7.15. The van der Waals surface area contributed by atoms with E-state index in [-0.39, 0.29) is 11.8 Å². The molecule has 2 unspecified atom stereocenters. The Labute approximate surface area is 186 Å². The first-order chi connectivity index (χ1) is 14.6. The van der Waals surface area contributed by atoms with Crippen molar-refractivity contribution in [2.45, 2.75) is 18.8 Å². The van der Waals surface area contributed by atoms with E-state index in [1.165, 1.54) is 5.56 Å². The van der Waals surface area contributed by atoms with Gasteiger partial charge in [-0.2, -0.15) is 0 Å². The van der Waals surface area contributed by atoms with Gasteiger partial charge in [-0.25, -0.2) is 0 Å². The second kappa shape index (κ2) is 8.29. The van der Waals surface area contributed by atoms with Crippen LogP contribution < -0.4 is 15.0 Å². The Balaban J connectivity index is 1.07. The zero-order valence-corrected chi connectivity index (χ0v) is 18.3. The molecular formula is C23H25Cl2N3O2. The second-order valence-electron chi connectivity index (χ2n) is 8.29. The van der Waals surface area contributed by atoms with Gasteiger partial charge in [0, 0.05) is 50.4 Å². The standard InChI is InChI=1S/C23H25Cl2N3O2/c24-19-3-1-4-21(22(19)25)28-10-8-27(9-11-28)7-2-12-30-15-5-6-16-17-14-18(17)23(29)26-20(16)13-15/h1,3-6,13,17-18H,2,7-12,14H2,(H,26,29). The molecule has 3 aliphatic rings. The molecule has 158 valence electrons. The van der Waals surface area contributed by atoms with Crippen LogP contribution in [0.15, 0.2) is 36.4 Å². The van der Waals surface area contributed by atoms with Crippen LogP contribution in [0.5, 0.6) is 5.75 Å². The molecule has 5 nitrogen and oxygen atoms in total. The van der Waals surface area contributed by atoms with Crippen molar-refractivity contribution >= 4 is 40.5 Å². The van der Waals surface area contributed by atoms with Gasteiger partial charge in [-0.1, -0.05) is 35.3 Å². The molecule has 1 saturated carbocycles. The number of hydrogen-bond acceptors (Lipinski definition) is 4. The zero-order chi connectivity index (χ0) is 20.7. The Kier molecular flexibility index (Phi) is 5.52. The molecule has 2 aromatic carbocycles. The van der Waals surface area contributed by atoms with Crippen molar-refractivity contribution in [3.8, 4) is 5.75 Å². The Morgan fingerprint density at radius 3 is 2.73 bits per heavy atom. The zero-order valence-electron chi connectivity index (χ0n) is 16.7. The summed E-state index contributed by atoms with van der Waals surface area (Å²) in [5, 5.41) is 4.25. The lowest BCUT2D eigenvalue weighted by Gasteiger charge is -2.36. The molecule has 1 aliphatic carbocycles. The number of carbonyl (C=O) groups excluding carboxylic acids is 1. The number of piperazine rings is 1. The molecule has 7 heteroatoms. The van der Waals surface area contributed by atoms with Gasteiger partial charge in [0.2, 0.25) is 5.91 Å². The molecule has 1 N–H and O–H groups in total. The van der Waals surface area contributed by atoms with E-state index in [2.05, 4.69) is 21.2 Å². The van der Waals surface area contributed by atoms with Crippen molar-refractivity contribution in [3.05, 3.63) is 52.0 Å². The number of carbonyl (C=O) groups is 1. The molecule has 0 aromatic heterocycles. The van der Waals surface area contributed by atoms with Crippen molar-refractivity contribution in [2.24, 2.45) is 5.92 Å². The first-order valence-electron chi connectivity index (χ1n) is 10.6. The lowest BCUT2D eigenvalue weighted by atomic mass is 10.0. The van der Waals surface area contributed by atoms with Crippen molar-refractivity contribution < 1.29 is 9.53 Å². The van der Waals surface area contributed by atoms with E-state index in [4.69, 9.17) is 27.9 Å². The fraction of sp³-hybridized carbons (Fsp3) is 0.435. The normalized spacial score (nSPS) is 22.9. The lowest BCUT2D eigenvalue weighted by molar-refractivity contribution is -0.117. The van der Waals surface area contributed by atoms with Crippen LogP contribution in [0.25, 0.3) is 0 Å². The number of anilines is 2. The summed E-state index contributed by atoms with van der Waals surface area (Å²) < 4.78 is 5.95. The average molecular weight is 446 g/mol. The summed E-state index contributed by atoms with van der Waals surface area (Å²) >= 11 is 12.5. The monoisotopic (exact) mass is 445 g/mol. The van der Waals surface area contributed by atoms with Gasteiger partial charge >= 0.3 is 0 Å². The molecule has 2 aromatic rings. The predicted molar refractivity (Wildman–Crippen MR) is 121 cm³/mol. The number of rotatable bonds is 6. The maximum absolute atomic E-state index is 11.9. The maximum Gasteiger partial charge on any atom is 0.228 e. The summed E-state index contributed by atoms with van der Waals surface area (Å²) in [7, 11) is 0. The highest BCUT2D eigenvalue weighted by Crippen LogP contribution is 2.53. The molecule has 2 aliphatic heterocycles. The third kappa shape index (κ3) is 3.98. The molecule has 2 heterocycles. The van der Waals surface area contributed by atoms with Gasteiger partial charge < -0.3 is 15.0 Å². The van der Waals surface area contributed by atoms with Gasteiger partial charge in [0.1, 0.15) is 5.75 Å². The van der Waals surface area contributed by atoms with Gasteiger partial charge in [0.15, 0.2) is 0 Å². The quantitative estimate of drug-likeness (QED) is 0.657. The number of ether oxygens (including phenoxy) is 1. The van der Waals surface area contributed by atoms with E-state index >= 15 is 0 Å². The van der Waals surface area contributed by atoms with E-state index in [1.807, 2.05) is 30.3 Å². The molecule has 0 spiro atoms. The van der Waals surface area contributed by atoms with E-state index in [0.29, 0.717) is 22.6 Å². The fourth-order valence-electron chi connectivity index (χ4n) is 4.54. The molecule has 0 bridgehead atoms. The minimum atomic E-state index is 0.155. The number of nitrogens with zero attached hydrogens (tertiary/aromatic N) is 2. The second-order valence-corrected chi connectivity index (χ2v) is 9.08. The number of hydrogen-bond donors (Lipinski definition) is 1. The van der Waals surface area contributed by atoms with Gasteiger partial charge in [0.05, 0.1) is 22.3 Å². The van der Waals surface area contributed by atoms with Crippen molar-refractivity contribution in [1.82, 2.24) is 4.90 Å². The first kappa shape index (κ1) is 20.0. The van der Waals surface area contributed by atoms with E-state index in [1.54, 1.807) is 0 Å².